The third-order valence-electron chi connectivity index (χ3n) is 3.41. The summed E-state index contributed by atoms with van der Waals surface area (Å²) in [5, 5.41) is 0. The number of hydrogen-bond donors (Lipinski definition) is 0. The topological polar surface area (TPSA) is 26.5 Å². The molecule has 0 N–H and O–H groups in total. The van der Waals surface area contributed by atoms with Gasteiger partial charge in [-0.3, -0.25) is 4.40 Å². The van der Waals surface area contributed by atoms with Gasteiger partial charge in [0.2, 0.25) is 0 Å². The van der Waals surface area contributed by atoms with Crippen molar-refractivity contribution in [2.24, 2.45) is 0 Å². The van der Waals surface area contributed by atoms with Crippen LogP contribution in [-0.4, -0.2) is 16.5 Å². The summed E-state index contributed by atoms with van der Waals surface area (Å²) in [6, 6.07) is 10.8. The molecule has 0 aliphatic heterocycles. The molecule has 1 aromatic carbocycles. The van der Waals surface area contributed by atoms with Crippen molar-refractivity contribution in [3.05, 3.63) is 65.6 Å². The minimum atomic E-state index is -4.34. The van der Waals surface area contributed by atoms with Crippen LogP contribution in [0.1, 0.15) is 17.0 Å². The van der Waals surface area contributed by atoms with Crippen molar-refractivity contribution in [2.75, 3.05) is 7.11 Å². The average Bonchev–Trinajstić information content (AvgIpc) is 2.90. The molecular formula is C16H13F3N2O. The number of hydrogen-bond acceptors (Lipinski definition) is 2. The molecule has 3 rings (SSSR count). The molecule has 2 heterocycles. The Hall–Kier alpha value is -2.50. The molecule has 22 heavy (non-hydrogen) atoms. The summed E-state index contributed by atoms with van der Waals surface area (Å²) in [5.74, 6) is 1.23. The Morgan fingerprint density at radius 1 is 1.14 bits per heavy atom. The van der Waals surface area contributed by atoms with Crippen LogP contribution in [-0.2, 0) is 12.6 Å². The smallest absolute Gasteiger partial charge is 0.416 e. The van der Waals surface area contributed by atoms with E-state index in [4.69, 9.17) is 4.74 Å². The number of pyridine rings is 1. The molecule has 2 aromatic heterocycles. The lowest BCUT2D eigenvalue weighted by Crippen LogP contribution is -2.06. The van der Waals surface area contributed by atoms with Crippen LogP contribution >= 0.6 is 0 Å². The highest BCUT2D eigenvalue weighted by atomic mass is 19.4. The summed E-state index contributed by atoms with van der Waals surface area (Å²) in [7, 11) is 1.54. The first-order valence-corrected chi connectivity index (χ1v) is 6.64. The number of methoxy groups -OCH3 is 1. The molecule has 0 fully saturated rings. The molecule has 0 bridgehead atoms. The molecule has 0 amide bonds. The molecule has 0 saturated carbocycles. The normalized spacial score (nSPS) is 11.8. The third kappa shape index (κ3) is 2.64. The fourth-order valence-electron chi connectivity index (χ4n) is 2.40. The zero-order chi connectivity index (χ0) is 15.7. The predicted molar refractivity (Wildman–Crippen MR) is 76.0 cm³/mol. The van der Waals surface area contributed by atoms with Crippen molar-refractivity contribution in [3.63, 3.8) is 0 Å². The number of rotatable bonds is 3. The maximum Gasteiger partial charge on any atom is 0.416 e. The Morgan fingerprint density at radius 3 is 2.64 bits per heavy atom. The SMILES string of the molecule is COc1cccc2cnc(Cc3cccc(C(F)(F)F)c3)n12. The highest BCUT2D eigenvalue weighted by Gasteiger charge is 2.30. The summed E-state index contributed by atoms with van der Waals surface area (Å²) >= 11 is 0. The Balaban J connectivity index is 2.01. The summed E-state index contributed by atoms with van der Waals surface area (Å²) in [5.41, 5.74) is 0.729. The van der Waals surface area contributed by atoms with Crippen molar-refractivity contribution < 1.29 is 17.9 Å². The van der Waals surface area contributed by atoms with E-state index in [2.05, 4.69) is 4.98 Å². The Bertz CT molecular complexity index is 809. The van der Waals surface area contributed by atoms with Crippen LogP contribution < -0.4 is 4.74 Å². The van der Waals surface area contributed by atoms with Gasteiger partial charge in [0.25, 0.3) is 0 Å². The Morgan fingerprint density at radius 2 is 1.91 bits per heavy atom. The second kappa shape index (κ2) is 5.36. The average molecular weight is 306 g/mol. The van der Waals surface area contributed by atoms with Crippen LogP contribution in [0.2, 0.25) is 0 Å². The lowest BCUT2D eigenvalue weighted by Gasteiger charge is -2.10. The van der Waals surface area contributed by atoms with Gasteiger partial charge < -0.3 is 4.74 Å². The van der Waals surface area contributed by atoms with Crippen LogP contribution in [0.4, 0.5) is 13.2 Å². The van der Waals surface area contributed by atoms with E-state index in [9.17, 15) is 13.2 Å². The fourth-order valence-corrected chi connectivity index (χ4v) is 2.40. The predicted octanol–water partition coefficient (Wildman–Crippen LogP) is 3.95. The van der Waals surface area contributed by atoms with E-state index in [0.29, 0.717) is 23.7 Å². The maximum atomic E-state index is 12.8. The van der Waals surface area contributed by atoms with Crippen LogP contribution in [0.15, 0.2) is 48.7 Å². The Kier molecular flexibility index (Phi) is 3.52. The summed E-state index contributed by atoms with van der Waals surface area (Å²) in [6.45, 7) is 0. The number of benzene rings is 1. The highest BCUT2D eigenvalue weighted by Crippen LogP contribution is 2.30. The second-order valence-electron chi connectivity index (χ2n) is 4.88. The monoisotopic (exact) mass is 306 g/mol. The van der Waals surface area contributed by atoms with Gasteiger partial charge in [-0.05, 0) is 23.8 Å². The summed E-state index contributed by atoms with van der Waals surface area (Å²) in [4.78, 5) is 4.29. The minimum Gasteiger partial charge on any atom is -0.482 e. The molecule has 0 saturated heterocycles. The van der Waals surface area contributed by atoms with Gasteiger partial charge in [-0.15, -0.1) is 0 Å². The quantitative estimate of drug-likeness (QED) is 0.732. The van der Waals surface area contributed by atoms with E-state index in [0.717, 1.165) is 17.6 Å². The number of imidazole rings is 1. The number of halogens is 3. The Labute approximate surface area is 125 Å². The lowest BCUT2D eigenvalue weighted by atomic mass is 10.1. The van der Waals surface area contributed by atoms with Gasteiger partial charge in [0.05, 0.1) is 24.4 Å². The maximum absolute atomic E-state index is 12.8. The molecule has 0 spiro atoms. The molecule has 3 aromatic rings. The molecule has 114 valence electrons. The largest absolute Gasteiger partial charge is 0.482 e. The van der Waals surface area contributed by atoms with Gasteiger partial charge in [0.15, 0.2) is 5.88 Å². The van der Waals surface area contributed by atoms with Crippen LogP contribution in [0.25, 0.3) is 5.52 Å². The molecule has 3 nitrogen and oxygen atoms in total. The zero-order valence-electron chi connectivity index (χ0n) is 11.8. The number of aromatic nitrogens is 2. The van der Waals surface area contributed by atoms with Gasteiger partial charge >= 0.3 is 6.18 Å². The van der Waals surface area contributed by atoms with E-state index in [1.165, 1.54) is 6.07 Å². The van der Waals surface area contributed by atoms with E-state index < -0.39 is 11.7 Å². The van der Waals surface area contributed by atoms with E-state index in [1.807, 2.05) is 12.1 Å². The van der Waals surface area contributed by atoms with Gasteiger partial charge in [0, 0.05) is 6.42 Å². The van der Waals surface area contributed by atoms with Gasteiger partial charge in [-0.1, -0.05) is 24.3 Å². The number of alkyl halides is 3. The third-order valence-corrected chi connectivity index (χ3v) is 3.41. The van der Waals surface area contributed by atoms with Crippen molar-refractivity contribution in [1.29, 1.82) is 0 Å². The van der Waals surface area contributed by atoms with Gasteiger partial charge in [-0.25, -0.2) is 4.98 Å². The first-order valence-electron chi connectivity index (χ1n) is 6.64. The standard InChI is InChI=1S/C16H13F3N2O/c1-22-15-7-3-6-13-10-20-14(21(13)15)9-11-4-2-5-12(8-11)16(17,18)19/h2-8,10H,9H2,1H3. The molecule has 0 atom stereocenters. The number of fused-ring (bicyclic) bond motifs is 1. The van der Waals surface area contributed by atoms with Crippen molar-refractivity contribution in [2.45, 2.75) is 12.6 Å². The van der Waals surface area contributed by atoms with Crippen molar-refractivity contribution in [3.8, 4) is 5.88 Å². The number of nitrogens with zero attached hydrogens (tertiary/aromatic N) is 2. The molecule has 0 aliphatic carbocycles. The minimum absolute atomic E-state index is 0.290. The molecule has 0 aliphatic rings. The highest BCUT2D eigenvalue weighted by molar-refractivity contribution is 5.49. The molecular weight excluding hydrogens is 293 g/mol. The lowest BCUT2D eigenvalue weighted by molar-refractivity contribution is -0.137. The van der Waals surface area contributed by atoms with Gasteiger partial charge in [0.1, 0.15) is 5.82 Å². The first kappa shape index (κ1) is 14.4. The van der Waals surface area contributed by atoms with Crippen molar-refractivity contribution >= 4 is 5.52 Å². The van der Waals surface area contributed by atoms with Crippen molar-refractivity contribution in [1.82, 2.24) is 9.38 Å². The summed E-state index contributed by atoms with van der Waals surface area (Å²) < 4.78 is 45.4. The zero-order valence-corrected chi connectivity index (χ0v) is 11.8. The summed E-state index contributed by atoms with van der Waals surface area (Å²) in [6.07, 6.45) is -2.38. The van der Waals surface area contributed by atoms with Gasteiger partial charge in [-0.2, -0.15) is 13.2 Å². The molecule has 0 unspecified atom stereocenters. The first-order chi connectivity index (χ1) is 10.5. The second-order valence-corrected chi connectivity index (χ2v) is 4.88. The van der Waals surface area contributed by atoms with E-state index in [-0.39, 0.29) is 0 Å². The van der Waals surface area contributed by atoms with E-state index >= 15 is 0 Å². The van der Waals surface area contributed by atoms with Crippen LogP contribution in [0, 0.1) is 0 Å². The van der Waals surface area contributed by atoms with Crippen LogP contribution in [0.5, 0.6) is 5.88 Å². The number of ether oxygens (including phenoxy) is 1. The van der Waals surface area contributed by atoms with E-state index in [1.54, 1.807) is 29.8 Å². The van der Waals surface area contributed by atoms with Crippen LogP contribution in [0.3, 0.4) is 0 Å². The molecule has 6 heteroatoms. The molecule has 0 radical (unpaired) electrons. The fraction of sp³-hybridized carbons (Fsp3) is 0.188.